The summed E-state index contributed by atoms with van der Waals surface area (Å²) in [4.78, 5) is 19.7. The maximum atomic E-state index is 10.0. The Morgan fingerprint density at radius 3 is 2.25 bits per heavy atom. The molecule has 0 spiro atoms. The highest BCUT2D eigenvalue weighted by Crippen LogP contribution is 1.91. The number of carbonyl (C=O) groups excluding carboxylic acids is 1. The molecule has 8 heavy (non-hydrogen) atoms. The normalized spacial score (nSPS) is 8.12. The van der Waals surface area contributed by atoms with E-state index in [1.807, 2.05) is 0 Å². The predicted octanol–water partition coefficient (Wildman–Crippen LogP) is 0.354. The molecule has 0 fully saturated rings. The number of halogens is 1. The molecule has 0 aromatic rings. The molecule has 0 unspecified atom stereocenters. The maximum absolute atomic E-state index is 10.0. The van der Waals surface area contributed by atoms with Crippen molar-refractivity contribution in [3.8, 4) is 0 Å². The quantitative estimate of drug-likeness (QED) is 0.549. The number of carboxylic acid groups (broad SMARTS) is 1. The molecule has 0 saturated heterocycles. The Bertz CT molecular complexity index is 110. The van der Waals surface area contributed by atoms with Crippen LogP contribution >= 0.6 is 23.0 Å². The number of carboxylic acids is 1. The second-order valence-corrected chi connectivity index (χ2v) is 1.46. The summed E-state index contributed by atoms with van der Waals surface area (Å²) in [5.41, 5.74) is 0. The average molecular weight is 230 g/mol. The van der Waals surface area contributed by atoms with Crippen LogP contribution in [0.2, 0.25) is 0 Å². The smallest absolute Gasteiger partial charge is 0.326 e. The lowest BCUT2D eigenvalue weighted by Crippen LogP contribution is -2.04. The van der Waals surface area contributed by atoms with Gasteiger partial charge < -0.3 is 8.17 Å². The largest absolute Gasteiger partial charge is 0.481 e. The summed E-state index contributed by atoms with van der Waals surface area (Å²) in [5, 5.41) is 7.91. The van der Waals surface area contributed by atoms with Crippen LogP contribution in [0.4, 0.5) is 0 Å². The minimum Gasteiger partial charge on any atom is -0.481 e. The zero-order valence-electron chi connectivity index (χ0n) is 3.76. The fourth-order valence-corrected chi connectivity index (χ4v) is 0.306. The molecule has 0 heterocycles. The van der Waals surface area contributed by atoms with Crippen LogP contribution in [0.3, 0.4) is 0 Å². The van der Waals surface area contributed by atoms with Crippen molar-refractivity contribution in [2.24, 2.45) is 0 Å². The third-order valence-electron chi connectivity index (χ3n) is 0.382. The van der Waals surface area contributed by atoms with Crippen LogP contribution in [0.1, 0.15) is 6.42 Å². The van der Waals surface area contributed by atoms with Crippen molar-refractivity contribution in [1.82, 2.24) is 0 Å². The minimum absolute atomic E-state index is 0.567. The van der Waals surface area contributed by atoms with Gasteiger partial charge in [-0.1, -0.05) is 0 Å². The van der Waals surface area contributed by atoms with E-state index in [2.05, 4.69) is 3.07 Å². The van der Waals surface area contributed by atoms with E-state index >= 15 is 0 Å². The van der Waals surface area contributed by atoms with Gasteiger partial charge in [0.1, 0.15) is 6.42 Å². The van der Waals surface area contributed by atoms with Gasteiger partial charge in [-0.25, -0.2) is 0 Å². The Hall–Kier alpha value is -0.330. The van der Waals surface area contributed by atoms with Crippen molar-refractivity contribution >= 4 is 34.9 Å². The molecule has 0 aromatic heterocycles. The minimum atomic E-state index is -1.17. The summed E-state index contributed by atoms with van der Waals surface area (Å²) in [6.45, 7) is 0. The van der Waals surface area contributed by atoms with Crippen molar-refractivity contribution in [3.63, 3.8) is 0 Å². The van der Waals surface area contributed by atoms with E-state index in [1.54, 1.807) is 0 Å². The van der Waals surface area contributed by atoms with Crippen LogP contribution in [0.25, 0.3) is 0 Å². The Morgan fingerprint density at radius 1 is 1.62 bits per heavy atom. The van der Waals surface area contributed by atoms with Gasteiger partial charge in [-0.15, -0.1) is 0 Å². The summed E-state index contributed by atoms with van der Waals surface area (Å²) < 4.78 is 4.01. The van der Waals surface area contributed by atoms with Crippen LogP contribution in [-0.4, -0.2) is 17.0 Å². The molecule has 0 aromatic carbocycles. The lowest BCUT2D eigenvalue weighted by molar-refractivity contribution is -0.144. The van der Waals surface area contributed by atoms with Gasteiger partial charge in [-0.3, -0.25) is 9.59 Å². The van der Waals surface area contributed by atoms with Gasteiger partial charge in [-0.2, -0.15) is 0 Å². The molecule has 4 nitrogen and oxygen atoms in total. The van der Waals surface area contributed by atoms with Gasteiger partial charge in [0.2, 0.25) is 0 Å². The highest BCUT2D eigenvalue weighted by Gasteiger charge is 2.05. The van der Waals surface area contributed by atoms with E-state index < -0.39 is 18.4 Å². The van der Waals surface area contributed by atoms with Gasteiger partial charge in [0.15, 0.2) is 23.0 Å². The lowest BCUT2D eigenvalue weighted by Gasteiger charge is -1.87. The number of hydrogen-bond donors (Lipinski definition) is 1. The monoisotopic (exact) mass is 230 g/mol. The second-order valence-electron chi connectivity index (χ2n) is 1.02. The number of carbonyl (C=O) groups is 2. The van der Waals surface area contributed by atoms with E-state index in [4.69, 9.17) is 5.11 Å². The third-order valence-corrected chi connectivity index (χ3v) is 0.873. The molecule has 1 N–H and O–H groups in total. The molecule has 0 bridgehead atoms. The van der Waals surface area contributed by atoms with Gasteiger partial charge in [0.05, 0.1) is 0 Å². The third kappa shape index (κ3) is 3.85. The van der Waals surface area contributed by atoms with Gasteiger partial charge in [0.25, 0.3) is 0 Å². The molecule has 0 saturated carbocycles. The first-order chi connectivity index (χ1) is 3.66. The van der Waals surface area contributed by atoms with Crippen molar-refractivity contribution in [1.29, 1.82) is 0 Å². The van der Waals surface area contributed by atoms with Crippen LogP contribution in [0, 0.1) is 0 Å². The molecule has 0 aliphatic rings. The summed E-state index contributed by atoms with van der Waals surface area (Å²) >= 11 is 1.33. The molecular formula is C3H3IO4. The average Bonchev–Trinajstić information content (AvgIpc) is 1.65. The molecule has 0 amide bonds. The van der Waals surface area contributed by atoms with E-state index in [-0.39, 0.29) is 0 Å². The Labute approximate surface area is 59.5 Å². The van der Waals surface area contributed by atoms with Crippen molar-refractivity contribution in [2.45, 2.75) is 6.42 Å². The number of rotatable bonds is 2. The summed E-state index contributed by atoms with van der Waals surface area (Å²) in [6.07, 6.45) is -0.567. The molecule has 0 aliphatic heterocycles. The van der Waals surface area contributed by atoms with Crippen LogP contribution in [0.15, 0.2) is 0 Å². The highest BCUT2D eigenvalue weighted by molar-refractivity contribution is 14.1. The van der Waals surface area contributed by atoms with E-state index in [0.29, 0.717) is 0 Å². The number of aliphatic carboxylic acids is 1. The van der Waals surface area contributed by atoms with E-state index in [1.165, 1.54) is 23.0 Å². The van der Waals surface area contributed by atoms with Gasteiger partial charge in [-0.05, 0) is 0 Å². The molecule has 0 atom stereocenters. The highest BCUT2D eigenvalue weighted by atomic mass is 127. The van der Waals surface area contributed by atoms with Crippen molar-refractivity contribution in [3.05, 3.63) is 0 Å². The summed E-state index contributed by atoms with van der Waals surface area (Å²) in [6, 6.07) is 0. The SMILES string of the molecule is O=C(O)CC(=O)OI. The van der Waals surface area contributed by atoms with Crippen molar-refractivity contribution < 1.29 is 17.8 Å². The molecule has 0 rings (SSSR count). The van der Waals surface area contributed by atoms with Crippen LogP contribution < -0.4 is 0 Å². The maximum Gasteiger partial charge on any atom is 0.326 e. The van der Waals surface area contributed by atoms with Crippen LogP contribution in [0.5, 0.6) is 0 Å². The molecule has 5 heteroatoms. The second kappa shape index (κ2) is 3.65. The fraction of sp³-hybridized carbons (Fsp3) is 0.333. The van der Waals surface area contributed by atoms with E-state index in [0.717, 1.165) is 0 Å². The topological polar surface area (TPSA) is 63.6 Å². The molecular weight excluding hydrogens is 227 g/mol. The van der Waals surface area contributed by atoms with Crippen LogP contribution in [-0.2, 0) is 12.7 Å². The van der Waals surface area contributed by atoms with Crippen molar-refractivity contribution in [2.75, 3.05) is 0 Å². The zero-order chi connectivity index (χ0) is 6.57. The standard InChI is InChI=1S/C3H3IO4/c4-8-3(7)1-2(5)6/h1H2,(H,5,6). The first-order valence-electron chi connectivity index (χ1n) is 1.70. The molecule has 0 radical (unpaired) electrons. The summed E-state index contributed by atoms with van der Waals surface area (Å²) in [5.74, 6) is -1.91. The zero-order valence-corrected chi connectivity index (χ0v) is 5.91. The Morgan fingerprint density at radius 2 is 2.12 bits per heavy atom. The van der Waals surface area contributed by atoms with E-state index in [9.17, 15) is 9.59 Å². The number of hydrogen-bond acceptors (Lipinski definition) is 3. The first-order valence-corrected chi connectivity index (χ1v) is 2.58. The molecule has 46 valence electrons. The fourth-order valence-electron chi connectivity index (χ4n) is 0.151. The Balaban J connectivity index is 3.40. The van der Waals surface area contributed by atoms with Gasteiger partial charge in [0, 0.05) is 0 Å². The molecule has 0 aliphatic carbocycles. The first kappa shape index (κ1) is 7.67. The van der Waals surface area contributed by atoms with Gasteiger partial charge >= 0.3 is 11.9 Å². The predicted molar refractivity (Wildman–Crippen MR) is 32.4 cm³/mol. The lowest BCUT2D eigenvalue weighted by atomic mass is 10.5. The Kier molecular flexibility index (Phi) is 3.49. The summed E-state index contributed by atoms with van der Waals surface area (Å²) in [7, 11) is 0.